The Bertz CT molecular complexity index is 513. The van der Waals surface area contributed by atoms with E-state index in [9.17, 15) is 0 Å². The molecule has 1 aliphatic carbocycles. The van der Waals surface area contributed by atoms with Crippen LogP contribution < -0.4 is 0 Å². The Balaban J connectivity index is 1.30. The minimum Gasteiger partial charge on any atom is -0.389 e. The van der Waals surface area contributed by atoms with Gasteiger partial charge in [0.15, 0.2) is 0 Å². The van der Waals surface area contributed by atoms with Crippen molar-refractivity contribution in [2.24, 2.45) is 11.1 Å². The fraction of sp³-hybridized carbons (Fsp3) is 0.611. The van der Waals surface area contributed by atoms with Gasteiger partial charge < -0.3 is 9.74 Å². The SMILES string of the molecule is c1ccc(CC2=NOC3(CCN(CC4CC4)CC3)C2)cc1. The third-order valence-electron chi connectivity index (χ3n) is 5.13. The van der Waals surface area contributed by atoms with Gasteiger partial charge in [0.1, 0.15) is 5.60 Å². The minimum atomic E-state index is 0.0180. The molecule has 1 aromatic carbocycles. The van der Waals surface area contributed by atoms with E-state index in [0.717, 1.165) is 31.6 Å². The lowest BCUT2D eigenvalue weighted by Crippen LogP contribution is -2.45. The summed E-state index contributed by atoms with van der Waals surface area (Å²) in [5.41, 5.74) is 2.57. The number of hydrogen-bond acceptors (Lipinski definition) is 3. The summed E-state index contributed by atoms with van der Waals surface area (Å²) in [6.45, 7) is 3.68. The molecule has 0 N–H and O–H groups in total. The van der Waals surface area contributed by atoms with Gasteiger partial charge in [-0.1, -0.05) is 35.5 Å². The van der Waals surface area contributed by atoms with E-state index in [1.54, 1.807) is 0 Å². The van der Waals surface area contributed by atoms with E-state index in [0.29, 0.717) is 0 Å². The Labute approximate surface area is 127 Å². The molecule has 0 radical (unpaired) electrons. The Morgan fingerprint density at radius 1 is 1.14 bits per heavy atom. The average molecular weight is 284 g/mol. The zero-order valence-electron chi connectivity index (χ0n) is 12.6. The fourth-order valence-corrected chi connectivity index (χ4v) is 3.60. The molecule has 0 amide bonds. The zero-order chi connectivity index (χ0) is 14.1. The van der Waals surface area contributed by atoms with Crippen molar-refractivity contribution < 1.29 is 4.84 Å². The third kappa shape index (κ3) is 3.13. The Morgan fingerprint density at radius 2 is 1.90 bits per heavy atom. The van der Waals surface area contributed by atoms with Crippen LogP contribution in [0.2, 0.25) is 0 Å². The van der Waals surface area contributed by atoms with E-state index in [4.69, 9.17) is 4.84 Å². The van der Waals surface area contributed by atoms with Gasteiger partial charge in [0.05, 0.1) is 5.71 Å². The molecule has 112 valence electrons. The predicted octanol–water partition coefficient (Wildman–Crippen LogP) is 3.25. The number of nitrogens with zero attached hydrogens (tertiary/aromatic N) is 2. The normalized spacial score (nSPS) is 24.9. The maximum Gasteiger partial charge on any atom is 0.145 e. The van der Waals surface area contributed by atoms with Gasteiger partial charge in [-0.15, -0.1) is 0 Å². The van der Waals surface area contributed by atoms with Gasteiger partial charge in [0, 0.05) is 45.3 Å². The van der Waals surface area contributed by atoms with Crippen LogP contribution in [-0.2, 0) is 11.3 Å². The number of hydrogen-bond donors (Lipinski definition) is 0. The molecular weight excluding hydrogens is 260 g/mol. The molecule has 21 heavy (non-hydrogen) atoms. The summed E-state index contributed by atoms with van der Waals surface area (Å²) in [6, 6.07) is 10.6. The van der Waals surface area contributed by atoms with Crippen LogP contribution in [0.3, 0.4) is 0 Å². The first kappa shape index (κ1) is 13.3. The molecule has 3 aliphatic rings. The van der Waals surface area contributed by atoms with Gasteiger partial charge in [-0.05, 0) is 24.3 Å². The highest BCUT2D eigenvalue weighted by molar-refractivity contribution is 5.88. The average Bonchev–Trinajstić information content (AvgIpc) is 3.25. The monoisotopic (exact) mass is 284 g/mol. The molecule has 1 aromatic rings. The van der Waals surface area contributed by atoms with Crippen LogP contribution in [0.4, 0.5) is 0 Å². The maximum atomic E-state index is 5.90. The van der Waals surface area contributed by atoms with Gasteiger partial charge in [-0.2, -0.15) is 0 Å². The molecule has 2 heterocycles. The van der Waals surface area contributed by atoms with Crippen molar-refractivity contribution in [1.29, 1.82) is 0 Å². The first-order chi connectivity index (χ1) is 10.3. The smallest absolute Gasteiger partial charge is 0.145 e. The van der Waals surface area contributed by atoms with Crippen LogP contribution >= 0.6 is 0 Å². The van der Waals surface area contributed by atoms with E-state index in [2.05, 4.69) is 40.4 Å². The lowest BCUT2D eigenvalue weighted by atomic mass is 9.85. The largest absolute Gasteiger partial charge is 0.389 e. The molecule has 0 atom stereocenters. The number of rotatable bonds is 4. The predicted molar refractivity (Wildman–Crippen MR) is 84.4 cm³/mol. The highest BCUT2D eigenvalue weighted by atomic mass is 16.7. The summed E-state index contributed by atoms with van der Waals surface area (Å²) >= 11 is 0. The summed E-state index contributed by atoms with van der Waals surface area (Å²) in [5.74, 6) is 0.994. The number of likely N-dealkylation sites (tertiary alicyclic amines) is 1. The quantitative estimate of drug-likeness (QED) is 0.848. The second kappa shape index (κ2) is 5.45. The van der Waals surface area contributed by atoms with Gasteiger partial charge in [-0.3, -0.25) is 0 Å². The lowest BCUT2D eigenvalue weighted by Gasteiger charge is -2.37. The van der Waals surface area contributed by atoms with Crippen LogP contribution in [-0.4, -0.2) is 35.8 Å². The van der Waals surface area contributed by atoms with Crippen molar-refractivity contribution in [1.82, 2.24) is 4.90 Å². The first-order valence-corrected chi connectivity index (χ1v) is 8.32. The molecule has 3 heteroatoms. The number of oxime groups is 1. The first-order valence-electron chi connectivity index (χ1n) is 8.32. The van der Waals surface area contributed by atoms with Crippen LogP contribution in [0.1, 0.15) is 37.7 Å². The molecule has 0 bridgehead atoms. The van der Waals surface area contributed by atoms with Crippen LogP contribution in [0.5, 0.6) is 0 Å². The summed E-state index contributed by atoms with van der Waals surface area (Å²) in [7, 11) is 0. The van der Waals surface area contributed by atoms with Crippen molar-refractivity contribution in [2.75, 3.05) is 19.6 Å². The summed E-state index contributed by atoms with van der Waals surface area (Å²) < 4.78 is 0. The van der Waals surface area contributed by atoms with Crippen LogP contribution in [0.15, 0.2) is 35.5 Å². The summed E-state index contributed by atoms with van der Waals surface area (Å²) in [5, 5.41) is 4.40. The van der Waals surface area contributed by atoms with E-state index in [1.807, 2.05) is 0 Å². The molecule has 2 aliphatic heterocycles. The topological polar surface area (TPSA) is 24.8 Å². The van der Waals surface area contributed by atoms with Crippen LogP contribution in [0.25, 0.3) is 0 Å². The minimum absolute atomic E-state index is 0.0180. The maximum absolute atomic E-state index is 5.90. The molecule has 0 unspecified atom stereocenters. The summed E-state index contributed by atoms with van der Waals surface area (Å²) in [6.07, 6.45) is 7.14. The third-order valence-corrected chi connectivity index (χ3v) is 5.13. The van der Waals surface area contributed by atoms with Gasteiger partial charge in [0.2, 0.25) is 0 Å². The second-order valence-corrected chi connectivity index (χ2v) is 7.01. The molecule has 4 rings (SSSR count). The molecule has 3 nitrogen and oxygen atoms in total. The molecule has 2 fully saturated rings. The van der Waals surface area contributed by atoms with Crippen molar-refractivity contribution in [3.05, 3.63) is 35.9 Å². The molecule has 0 aromatic heterocycles. The van der Waals surface area contributed by atoms with Crippen LogP contribution in [0, 0.1) is 5.92 Å². The highest BCUT2D eigenvalue weighted by Crippen LogP contribution is 2.37. The fourth-order valence-electron chi connectivity index (χ4n) is 3.60. The number of piperidine rings is 1. The summed E-state index contributed by atoms with van der Waals surface area (Å²) in [4.78, 5) is 8.52. The second-order valence-electron chi connectivity index (χ2n) is 7.01. The molecular formula is C18H24N2O. The molecule has 1 spiro atoms. The van der Waals surface area contributed by atoms with E-state index in [1.165, 1.54) is 43.8 Å². The molecule has 1 saturated heterocycles. The van der Waals surface area contributed by atoms with Crippen molar-refractivity contribution in [3.63, 3.8) is 0 Å². The Kier molecular flexibility index (Phi) is 3.46. The lowest BCUT2D eigenvalue weighted by molar-refractivity contribution is -0.0619. The van der Waals surface area contributed by atoms with Crippen molar-refractivity contribution in [3.8, 4) is 0 Å². The number of benzene rings is 1. The van der Waals surface area contributed by atoms with Crippen molar-refractivity contribution in [2.45, 2.75) is 44.1 Å². The zero-order valence-corrected chi connectivity index (χ0v) is 12.6. The van der Waals surface area contributed by atoms with Gasteiger partial charge >= 0.3 is 0 Å². The van der Waals surface area contributed by atoms with E-state index >= 15 is 0 Å². The highest BCUT2D eigenvalue weighted by Gasteiger charge is 2.42. The van der Waals surface area contributed by atoms with Gasteiger partial charge in [0.25, 0.3) is 0 Å². The van der Waals surface area contributed by atoms with E-state index < -0.39 is 0 Å². The van der Waals surface area contributed by atoms with Gasteiger partial charge in [-0.25, -0.2) is 0 Å². The standard InChI is InChI=1S/C18H24N2O/c1-2-4-15(5-3-1)12-17-13-18(21-19-17)8-10-20(11-9-18)14-16-6-7-16/h1-5,16H,6-14H2. The Hall–Kier alpha value is -1.35. The Morgan fingerprint density at radius 3 is 2.62 bits per heavy atom. The van der Waals surface area contributed by atoms with E-state index in [-0.39, 0.29) is 5.60 Å². The van der Waals surface area contributed by atoms with Crippen molar-refractivity contribution >= 4 is 5.71 Å². The molecule has 1 saturated carbocycles.